The van der Waals surface area contributed by atoms with Gasteiger partial charge in [0.1, 0.15) is 5.75 Å². The number of phenols is 1. The van der Waals surface area contributed by atoms with Gasteiger partial charge in [-0.3, -0.25) is 18.9 Å². The molecule has 0 aliphatic heterocycles. The van der Waals surface area contributed by atoms with Crippen LogP contribution in [0.3, 0.4) is 0 Å². The molecule has 3 N–H and O–H groups in total. The van der Waals surface area contributed by atoms with Crippen molar-refractivity contribution in [2.45, 2.75) is 13.5 Å². The number of benzene rings is 1. The summed E-state index contributed by atoms with van der Waals surface area (Å²) in [5, 5.41) is 14.0. The smallest absolute Gasteiger partial charge is 0.329 e. The molecule has 10 heteroatoms. The molecule has 0 bridgehead atoms. The highest BCUT2D eigenvalue weighted by Crippen LogP contribution is 2.21. The Labute approximate surface area is 161 Å². The van der Waals surface area contributed by atoms with Crippen molar-refractivity contribution in [1.82, 2.24) is 19.1 Å². The fourth-order valence-electron chi connectivity index (χ4n) is 2.53. The summed E-state index contributed by atoms with van der Waals surface area (Å²) >= 11 is 3.33. The predicted octanol–water partition coefficient (Wildman–Crippen LogP) is 1.91. The van der Waals surface area contributed by atoms with Crippen LogP contribution in [0.4, 0.5) is 5.95 Å². The summed E-state index contributed by atoms with van der Waals surface area (Å²) in [6.07, 6.45) is 1.42. The first-order valence-electron chi connectivity index (χ1n) is 7.89. The largest absolute Gasteiger partial charge is 0.507 e. The standard InChI is InChI=1S/C17H17BrN6O3/c1-9(2)8-24-13-14(23(3)17(27)21-15(13)26)20-16(24)22-19-7-10-6-11(18)4-5-12(10)25/h4-7,25H,1,8H2,2-3H3,(H,20,22)(H,21,26,27)/b19-7+. The van der Waals surface area contributed by atoms with Gasteiger partial charge >= 0.3 is 5.69 Å². The van der Waals surface area contributed by atoms with Crippen LogP contribution in [0.1, 0.15) is 12.5 Å². The van der Waals surface area contributed by atoms with Crippen LogP contribution in [0.5, 0.6) is 5.75 Å². The highest BCUT2D eigenvalue weighted by Gasteiger charge is 2.17. The molecule has 2 aromatic heterocycles. The first kappa shape index (κ1) is 18.6. The van der Waals surface area contributed by atoms with Crippen molar-refractivity contribution in [2.75, 3.05) is 5.43 Å². The van der Waals surface area contributed by atoms with Gasteiger partial charge in [-0.2, -0.15) is 10.1 Å². The number of allylic oxidation sites excluding steroid dienone is 1. The van der Waals surface area contributed by atoms with Gasteiger partial charge in [0.05, 0.1) is 6.21 Å². The van der Waals surface area contributed by atoms with E-state index in [1.807, 2.05) is 6.92 Å². The average molecular weight is 433 g/mol. The number of imidazole rings is 1. The minimum Gasteiger partial charge on any atom is -0.507 e. The number of halogens is 1. The Kier molecular flexibility index (Phi) is 5.00. The van der Waals surface area contributed by atoms with Crippen molar-refractivity contribution in [1.29, 1.82) is 0 Å². The van der Waals surface area contributed by atoms with Gasteiger partial charge in [-0.15, -0.1) is 0 Å². The van der Waals surface area contributed by atoms with Crippen LogP contribution in [-0.2, 0) is 13.6 Å². The topological polar surface area (TPSA) is 117 Å². The zero-order valence-electron chi connectivity index (χ0n) is 14.7. The number of hydrogen-bond acceptors (Lipinski definition) is 6. The maximum atomic E-state index is 12.3. The summed E-state index contributed by atoms with van der Waals surface area (Å²) in [5.74, 6) is 0.337. The molecule has 0 aliphatic rings. The van der Waals surface area contributed by atoms with Crippen molar-refractivity contribution in [3.8, 4) is 5.75 Å². The molecule has 0 atom stereocenters. The minimum atomic E-state index is -0.554. The second-order valence-electron chi connectivity index (χ2n) is 6.04. The molecule has 27 heavy (non-hydrogen) atoms. The van der Waals surface area contributed by atoms with Crippen molar-refractivity contribution >= 4 is 39.3 Å². The van der Waals surface area contributed by atoms with Crippen LogP contribution in [0.25, 0.3) is 11.2 Å². The van der Waals surface area contributed by atoms with Gasteiger partial charge in [0, 0.05) is 23.6 Å². The van der Waals surface area contributed by atoms with Crippen molar-refractivity contribution in [2.24, 2.45) is 12.1 Å². The molecule has 0 radical (unpaired) electrons. The van der Waals surface area contributed by atoms with E-state index >= 15 is 0 Å². The number of hydrazone groups is 1. The molecule has 3 aromatic rings. The van der Waals surface area contributed by atoms with Gasteiger partial charge in [0.2, 0.25) is 5.95 Å². The first-order chi connectivity index (χ1) is 12.8. The highest BCUT2D eigenvalue weighted by atomic mass is 79.9. The molecule has 2 heterocycles. The van der Waals surface area contributed by atoms with E-state index in [0.29, 0.717) is 12.1 Å². The number of phenolic OH excluding ortho intramolecular Hbond substituents is 1. The molecule has 1 aromatic carbocycles. The first-order valence-corrected chi connectivity index (χ1v) is 8.68. The predicted molar refractivity (Wildman–Crippen MR) is 107 cm³/mol. The fourth-order valence-corrected chi connectivity index (χ4v) is 2.91. The van der Waals surface area contributed by atoms with Crippen LogP contribution < -0.4 is 16.7 Å². The number of rotatable bonds is 5. The van der Waals surface area contributed by atoms with Gasteiger partial charge in [-0.25, -0.2) is 10.2 Å². The molecular formula is C17H17BrN6O3. The second-order valence-corrected chi connectivity index (χ2v) is 6.96. The summed E-state index contributed by atoms with van der Waals surface area (Å²) in [6.45, 7) is 5.99. The summed E-state index contributed by atoms with van der Waals surface area (Å²) in [4.78, 5) is 30.7. The Balaban J connectivity index is 2.06. The maximum Gasteiger partial charge on any atom is 0.329 e. The van der Waals surface area contributed by atoms with Crippen LogP contribution in [0, 0.1) is 0 Å². The fraction of sp³-hybridized carbons (Fsp3) is 0.176. The third-order valence-electron chi connectivity index (χ3n) is 3.79. The van der Waals surface area contributed by atoms with E-state index in [4.69, 9.17) is 0 Å². The van der Waals surface area contributed by atoms with Crippen LogP contribution in [0.2, 0.25) is 0 Å². The lowest BCUT2D eigenvalue weighted by Crippen LogP contribution is -2.29. The van der Waals surface area contributed by atoms with Crippen LogP contribution in [-0.4, -0.2) is 30.4 Å². The Morgan fingerprint density at radius 3 is 2.93 bits per heavy atom. The van der Waals surface area contributed by atoms with E-state index in [1.165, 1.54) is 23.9 Å². The average Bonchev–Trinajstić information content (AvgIpc) is 2.94. The maximum absolute atomic E-state index is 12.3. The zero-order valence-corrected chi connectivity index (χ0v) is 16.2. The quantitative estimate of drug-likeness (QED) is 0.323. The molecule has 9 nitrogen and oxygen atoms in total. The number of H-pyrrole nitrogens is 1. The molecular weight excluding hydrogens is 416 g/mol. The third kappa shape index (κ3) is 3.70. The van der Waals surface area contributed by atoms with Crippen LogP contribution >= 0.6 is 15.9 Å². The van der Waals surface area contributed by atoms with E-state index in [2.05, 4.69) is 43.0 Å². The normalized spacial score (nSPS) is 11.4. The van der Waals surface area contributed by atoms with Gasteiger partial charge in [0.25, 0.3) is 5.56 Å². The lowest BCUT2D eigenvalue weighted by Gasteiger charge is -2.07. The van der Waals surface area contributed by atoms with Crippen molar-refractivity contribution < 1.29 is 5.11 Å². The minimum absolute atomic E-state index is 0.0676. The molecule has 140 valence electrons. The number of fused-ring (bicyclic) bond motifs is 1. The van der Waals surface area contributed by atoms with Gasteiger partial charge in [0.15, 0.2) is 11.2 Å². The van der Waals surface area contributed by atoms with Gasteiger partial charge < -0.3 is 5.11 Å². The van der Waals surface area contributed by atoms with E-state index in [-0.39, 0.29) is 22.9 Å². The molecule has 0 unspecified atom stereocenters. The lowest BCUT2D eigenvalue weighted by molar-refractivity contribution is 0.474. The highest BCUT2D eigenvalue weighted by molar-refractivity contribution is 9.10. The SMILES string of the molecule is C=C(C)Cn1c(N/N=C/c2cc(Br)ccc2O)nc2c1c(=O)[nH]c(=O)n2C. The number of nitrogens with zero attached hydrogens (tertiary/aromatic N) is 4. The number of aromatic amines is 1. The molecule has 0 saturated carbocycles. The molecule has 3 rings (SSSR count). The number of anilines is 1. The third-order valence-corrected chi connectivity index (χ3v) is 4.29. The van der Waals surface area contributed by atoms with Gasteiger partial charge in [-0.05, 0) is 25.1 Å². The molecule has 0 amide bonds. The van der Waals surface area contributed by atoms with E-state index in [9.17, 15) is 14.7 Å². The summed E-state index contributed by atoms with van der Waals surface area (Å²) in [7, 11) is 1.52. The number of nitrogens with one attached hydrogen (secondary N) is 2. The van der Waals surface area contributed by atoms with E-state index in [1.54, 1.807) is 16.7 Å². The Bertz CT molecular complexity index is 1190. The molecule has 0 saturated heterocycles. The number of aromatic hydroxyl groups is 1. The Morgan fingerprint density at radius 1 is 1.48 bits per heavy atom. The van der Waals surface area contributed by atoms with Crippen molar-refractivity contribution in [3.05, 3.63) is 61.2 Å². The molecule has 0 fully saturated rings. The second kappa shape index (κ2) is 7.23. The number of aryl methyl sites for hydroxylation is 1. The Morgan fingerprint density at radius 2 is 2.22 bits per heavy atom. The van der Waals surface area contributed by atoms with Crippen molar-refractivity contribution in [3.63, 3.8) is 0 Å². The monoisotopic (exact) mass is 432 g/mol. The lowest BCUT2D eigenvalue weighted by atomic mass is 10.2. The van der Waals surface area contributed by atoms with Crippen LogP contribution in [0.15, 0.2) is 49.5 Å². The number of aromatic nitrogens is 4. The van der Waals surface area contributed by atoms with E-state index in [0.717, 1.165) is 10.0 Å². The molecule has 0 spiro atoms. The van der Waals surface area contributed by atoms with E-state index < -0.39 is 11.2 Å². The zero-order chi connectivity index (χ0) is 19.7. The summed E-state index contributed by atoms with van der Waals surface area (Å²) in [6, 6.07) is 4.95. The summed E-state index contributed by atoms with van der Waals surface area (Å²) < 4.78 is 3.63. The Hall–Kier alpha value is -3.14. The molecule has 0 aliphatic carbocycles. The van der Waals surface area contributed by atoms with Gasteiger partial charge in [-0.1, -0.05) is 28.1 Å². The summed E-state index contributed by atoms with van der Waals surface area (Å²) in [5.41, 5.74) is 3.42. The number of hydrogen-bond donors (Lipinski definition) is 3.